The fourth-order valence-corrected chi connectivity index (χ4v) is 0.929. The van der Waals surface area contributed by atoms with E-state index in [1.165, 1.54) is 24.6 Å². The smallest absolute Gasteiger partial charge is 0.339 e. The highest BCUT2D eigenvalue weighted by atomic mass is 16.5. The van der Waals surface area contributed by atoms with Gasteiger partial charge in [-0.15, -0.1) is 10.5 Å². The number of nitriles is 2. The third kappa shape index (κ3) is 2.36. The zero-order valence-corrected chi connectivity index (χ0v) is 7.30. The van der Waals surface area contributed by atoms with Gasteiger partial charge in [0.1, 0.15) is 11.3 Å². The summed E-state index contributed by atoms with van der Waals surface area (Å²) in [6.07, 6.45) is 2.76. The Hall–Kier alpha value is -2.73. The summed E-state index contributed by atoms with van der Waals surface area (Å²) in [5, 5.41) is 25.2. The van der Waals surface area contributed by atoms with Crippen LogP contribution in [0.3, 0.4) is 0 Å². The molecule has 0 heterocycles. The van der Waals surface area contributed by atoms with Crippen molar-refractivity contribution in [3.8, 4) is 24.0 Å². The molecule has 0 saturated carbocycles. The minimum atomic E-state index is -1.23. The number of aromatic carboxylic acids is 1. The number of hydrogen-bond acceptors (Lipinski definition) is 5. The second-order valence-corrected chi connectivity index (χ2v) is 2.35. The number of benzene rings is 1. The molecule has 0 radical (unpaired) electrons. The van der Waals surface area contributed by atoms with Gasteiger partial charge < -0.3 is 14.6 Å². The highest BCUT2D eigenvalue weighted by Crippen LogP contribution is 2.24. The van der Waals surface area contributed by atoms with Gasteiger partial charge in [-0.1, -0.05) is 0 Å². The van der Waals surface area contributed by atoms with Gasteiger partial charge in [0.05, 0.1) is 0 Å². The molecule has 74 valence electrons. The molecule has 6 heteroatoms. The van der Waals surface area contributed by atoms with Crippen LogP contribution >= 0.6 is 0 Å². The number of carbonyl (C=O) groups is 1. The second kappa shape index (κ2) is 4.49. The lowest BCUT2D eigenvalue weighted by Crippen LogP contribution is -2.00. The highest BCUT2D eigenvalue weighted by molar-refractivity contribution is 5.91. The monoisotopic (exact) mass is 204 g/mol. The average Bonchev–Trinajstić information content (AvgIpc) is 2.18. The average molecular weight is 204 g/mol. The molecule has 0 unspecified atom stereocenters. The molecule has 1 N–H and O–H groups in total. The van der Waals surface area contributed by atoms with Crippen LogP contribution in [0.15, 0.2) is 18.2 Å². The van der Waals surface area contributed by atoms with Crippen molar-refractivity contribution in [3.05, 3.63) is 23.8 Å². The minimum Gasteiger partial charge on any atom is -0.478 e. The molecule has 0 atom stereocenters. The van der Waals surface area contributed by atoms with Gasteiger partial charge in [0.2, 0.25) is 0 Å². The van der Waals surface area contributed by atoms with E-state index < -0.39 is 5.97 Å². The number of carboxylic acid groups (broad SMARTS) is 1. The summed E-state index contributed by atoms with van der Waals surface area (Å²) in [5.41, 5.74) is -0.179. The van der Waals surface area contributed by atoms with Crippen molar-refractivity contribution in [2.24, 2.45) is 0 Å². The van der Waals surface area contributed by atoms with Crippen LogP contribution in [0.2, 0.25) is 0 Å². The molecule has 0 aliphatic rings. The van der Waals surface area contributed by atoms with Gasteiger partial charge in [0, 0.05) is 6.07 Å². The zero-order valence-electron chi connectivity index (χ0n) is 7.30. The number of ether oxygens (including phenoxy) is 2. The van der Waals surface area contributed by atoms with E-state index >= 15 is 0 Å². The van der Waals surface area contributed by atoms with Crippen molar-refractivity contribution in [1.82, 2.24) is 0 Å². The molecule has 6 nitrogen and oxygen atoms in total. The SMILES string of the molecule is N#COc1ccc(C(=O)O)c(OC#N)c1. The Morgan fingerprint density at radius 2 is 1.93 bits per heavy atom. The van der Waals surface area contributed by atoms with Crippen molar-refractivity contribution in [2.75, 3.05) is 0 Å². The maximum Gasteiger partial charge on any atom is 0.339 e. The summed E-state index contributed by atoms with van der Waals surface area (Å²) < 4.78 is 8.87. The van der Waals surface area contributed by atoms with Crippen molar-refractivity contribution in [1.29, 1.82) is 10.5 Å². The first-order valence-corrected chi connectivity index (χ1v) is 3.68. The third-order valence-corrected chi connectivity index (χ3v) is 1.50. The fourth-order valence-electron chi connectivity index (χ4n) is 0.929. The van der Waals surface area contributed by atoms with Crippen molar-refractivity contribution < 1.29 is 19.4 Å². The van der Waals surface area contributed by atoms with Crippen LogP contribution in [0.1, 0.15) is 10.4 Å². The highest BCUT2D eigenvalue weighted by Gasteiger charge is 2.12. The minimum absolute atomic E-state index is 0.104. The van der Waals surface area contributed by atoms with E-state index in [1.807, 2.05) is 0 Å². The topological polar surface area (TPSA) is 103 Å². The van der Waals surface area contributed by atoms with E-state index in [9.17, 15) is 4.79 Å². The second-order valence-electron chi connectivity index (χ2n) is 2.35. The molecule has 1 aromatic rings. The summed E-state index contributed by atoms with van der Waals surface area (Å²) in [6, 6.07) is 3.62. The fraction of sp³-hybridized carbons (Fsp3) is 0. The van der Waals surface area contributed by atoms with E-state index in [2.05, 4.69) is 9.47 Å². The molecule has 0 spiro atoms. The van der Waals surface area contributed by atoms with Crippen molar-refractivity contribution in [3.63, 3.8) is 0 Å². The van der Waals surface area contributed by atoms with E-state index in [0.717, 1.165) is 6.07 Å². The summed E-state index contributed by atoms with van der Waals surface area (Å²) in [6.45, 7) is 0. The number of nitrogens with zero attached hydrogens (tertiary/aromatic N) is 2. The van der Waals surface area contributed by atoms with Crippen molar-refractivity contribution >= 4 is 5.97 Å². The molecule has 15 heavy (non-hydrogen) atoms. The molecular formula is C9H4N2O4. The lowest BCUT2D eigenvalue weighted by molar-refractivity contribution is 0.0694. The van der Waals surface area contributed by atoms with Gasteiger partial charge in [0.15, 0.2) is 5.75 Å². The Bertz CT molecular complexity index is 470. The van der Waals surface area contributed by atoms with Gasteiger partial charge >= 0.3 is 5.97 Å². The Kier molecular flexibility index (Phi) is 3.10. The number of carboxylic acids is 1. The normalized spacial score (nSPS) is 8.40. The Balaban J connectivity index is 3.16. The lowest BCUT2D eigenvalue weighted by atomic mass is 10.2. The molecule has 0 aromatic heterocycles. The first kappa shape index (κ1) is 10.4. The maximum absolute atomic E-state index is 10.7. The van der Waals surface area contributed by atoms with E-state index in [0.29, 0.717) is 0 Å². The predicted octanol–water partition coefficient (Wildman–Crippen LogP) is 1.10. The first-order valence-electron chi connectivity index (χ1n) is 3.68. The Labute approximate surface area is 84.5 Å². The lowest BCUT2D eigenvalue weighted by Gasteiger charge is -2.02. The molecule has 0 bridgehead atoms. The van der Waals surface area contributed by atoms with Crippen LogP contribution < -0.4 is 9.47 Å². The quantitative estimate of drug-likeness (QED) is 0.739. The summed E-state index contributed by atoms with van der Waals surface area (Å²) in [4.78, 5) is 10.7. The first-order chi connectivity index (χ1) is 7.19. The molecule has 1 aromatic carbocycles. The van der Waals surface area contributed by atoms with E-state index in [4.69, 9.17) is 15.6 Å². The standard InChI is InChI=1S/C9H4N2O4/c10-4-14-6-1-2-7(9(12)13)8(3-6)15-5-11/h1-3H,(H,12,13). The summed E-state index contributed by atoms with van der Waals surface area (Å²) in [5.74, 6) is -1.30. The predicted molar refractivity (Wildman–Crippen MR) is 45.9 cm³/mol. The van der Waals surface area contributed by atoms with Gasteiger partial charge in [-0.05, 0) is 12.1 Å². The summed E-state index contributed by atoms with van der Waals surface area (Å²) in [7, 11) is 0. The van der Waals surface area contributed by atoms with Crippen LogP contribution in [0.5, 0.6) is 11.5 Å². The van der Waals surface area contributed by atoms with Gasteiger partial charge in [0.25, 0.3) is 12.5 Å². The van der Waals surface area contributed by atoms with E-state index in [1.54, 1.807) is 0 Å². The number of hydrogen-bond donors (Lipinski definition) is 1. The molecule has 0 amide bonds. The summed E-state index contributed by atoms with van der Waals surface area (Å²) >= 11 is 0. The van der Waals surface area contributed by atoms with Crippen LogP contribution in [-0.2, 0) is 0 Å². The van der Waals surface area contributed by atoms with Gasteiger partial charge in [-0.2, -0.15) is 0 Å². The Morgan fingerprint density at radius 1 is 1.27 bits per heavy atom. The van der Waals surface area contributed by atoms with Crippen LogP contribution in [0, 0.1) is 23.0 Å². The largest absolute Gasteiger partial charge is 0.478 e. The van der Waals surface area contributed by atoms with Crippen LogP contribution in [0.4, 0.5) is 0 Å². The Morgan fingerprint density at radius 3 is 2.47 bits per heavy atom. The molecule has 0 aliphatic heterocycles. The van der Waals surface area contributed by atoms with Gasteiger partial charge in [-0.3, -0.25) is 0 Å². The van der Waals surface area contributed by atoms with Crippen LogP contribution in [-0.4, -0.2) is 11.1 Å². The number of rotatable bonds is 3. The molecular weight excluding hydrogens is 200 g/mol. The van der Waals surface area contributed by atoms with Gasteiger partial charge in [-0.25, -0.2) is 4.79 Å². The zero-order chi connectivity index (χ0) is 11.3. The molecule has 0 fully saturated rings. The molecule has 0 saturated heterocycles. The third-order valence-electron chi connectivity index (χ3n) is 1.50. The van der Waals surface area contributed by atoms with E-state index in [-0.39, 0.29) is 17.1 Å². The molecule has 1 rings (SSSR count). The molecule has 0 aliphatic carbocycles. The van der Waals surface area contributed by atoms with Crippen molar-refractivity contribution in [2.45, 2.75) is 0 Å². The maximum atomic E-state index is 10.7. The van der Waals surface area contributed by atoms with Crippen LogP contribution in [0.25, 0.3) is 0 Å².